The van der Waals surface area contributed by atoms with Gasteiger partial charge < -0.3 is 4.74 Å². The molecule has 3 rings (SSSR count). The Morgan fingerprint density at radius 1 is 1.35 bits per heavy atom. The van der Waals surface area contributed by atoms with Gasteiger partial charge in [-0.25, -0.2) is 4.39 Å². The summed E-state index contributed by atoms with van der Waals surface area (Å²) in [5.41, 5.74) is 0.519. The molecular weight excluding hydrogens is 277 g/mol. The standard InChI is InChI=1S/C14H16FN3OS/c1-19-8-9-20-14-17-16-13(18(14)10-6-7-10)11-4-2-3-5-12(11)15/h2-5,10H,6-9H2,1H3. The fourth-order valence-electron chi connectivity index (χ4n) is 2.08. The van der Waals surface area contributed by atoms with Crippen LogP contribution in [0.15, 0.2) is 29.4 Å². The zero-order chi connectivity index (χ0) is 13.9. The first kappa shape index (κ1) is 13.6. The van der Waals surface area contributed by atoms with Crippen molar-refractivity contribution in [2.75, 3.05) is 19.5 Å². The number of hydrogen-bond acceptors (Lipinski definition) is 4. The van der Waals surface area contributed by atoms with Crippen LogP contribution in [0.4, 0.5) is 4.39 Å². The molecule has 106 valence electrons. The fraction of sp³-hybridized carbons (Fsp3) is 0.429. The van der Waals surface area contributed by atoms with Crippen LogP contribution >= 0.6 is 11.8 Å². The first-order valence-corrected chi connectivity index (χ1v) is 7.61. The Morgan fingerprint density at radius 2 is 2.15 bits per heavy atom. The minimum atomic E-state index is -0.254. The molecule has 0 amide bonds. The summed E-state index contributed by atoms with van der Waals surface area (Å²) >= 11 is 1.60. The SMILES string of the molecule is COCCSc1nnc(-c2ccccc2F)n1C1CC1. The molecule has 0 N–H and O–H groups in total. The number of halogens is 1. The lowest BCUT2D eigenvalue weighted by molar-refractivity contribution is 0.218. The van der Waals surface area contributed by atoms with E-state index in [1.54, 1.807) is 31.0 Å². The molecule has 0 saturated heterocycles. The van der Waals surface area contributed by atoms with E-state index in [0.717, 1.165) is 23.8 Å². The number of aromatic nitrogens is 3. The molecule has 0 atom stereocenters. The second kappa shape index (κ2) is 5.93. The summed E-state index contributed by atoms with van der Waals surface area (Å²) in [6, 6.07) is 7.12. The molecule has 4 nitrogen and oxygen atoms in total. The van der Waals surface area contributed by atoms with Crippen LogP contribution in [0.25, 0.3) is 11.4 Å². The third-order valence-electron chi connectivity index (χ3n) is 3.21. The predicted octanol–water partition coefficient (Wildman–Crippen LogP) is 3.16. The van der Waals surface area contributed by atoms with Crippen LogP contribution in [0.2, 0.25) is 0 Å². The molecule has 1 aliphatic carbocycles. The first-order valence-electron chi connectivity index (χ1n) is 6.63. The third-order valence-corrected chi connectivity index (χ3v) is 4.12. The largest absolute Gasteiger partial charge is 0.384 e. The zero-order valence-corrected chi connectivity index (χ0v) is 12.1. The van der Waals surface area contributed by atoms with Crippen molar-refractivity contribution < 1.29 is 9.13 Å². The lowest BCUT2D eigenvalue weighted by atomic mass is 10.2. The smallest absolute Gasteiger partial charge is 0.191 e. The van der Waals surface area contributed by atoms with E-state index < -0.39 is 0 Å². The van der Waals surface area contributed by atoms with Gasteiger partial charge in [0.15, 0.2) is 11.0 Å². The summed E-state index contributed by atoms with van der Waals surface area (Å²) < 4.78 is 21.1. The van der Waals surface area contributed by atoms with Crippen molar-refractivity contribution in [1.82, 2.24) is 14.8 Å². The maximum absolute atomic E-state index is 13.9. The molecule has 0 spiro atoms. The third kappa shape index (κ3) is 2.71. The summed E-state index contributed by atoms with van der Waals surface area (Å²) in [4.78, 5) is 0. The van der Waals surface area contributed by atoms with Gasteiger partial charge in [-0.2, -0.15) is 0 Å². The Kier molecular flexibility index (Phi) is 4.03. The first-order chi connectivity index (χ1) is 9.81. The van der Waals surface area contributed by atoms with Crippen LogP contribution in [-0.4, -0.2) is 34.2 Å². The number of benzene rings is 1. The van der Waals surface area contributed by atoms with Gasteiger partial charge in [-0.05, 0) is 25.0 Å². The van der Waals surface area contributed by atoms with Crippen molar-refractivity contribution in [2.24, 2.45) is 0 Å². The highest BCUT2D eigenvalue weighted by Crippen LogP contribution is 2.41. The monoisotopic (exact) mass is 293 g/mol. The van der Waals surface area contributed by atoms with E-state index in [2.05, 4.69) is 14.8 Å². The van der Waals surface area contributed by atoms with Crippen LogP contribution in [0, 0.1) is 5.82 Å². The zero-order valence-electron chi connectivity index (χ0n) is 11.3. The van der Waals surface area contributed by atoms with Crippen LogP contribution in [-0.2, 0) is 4.74 Å². The van der Waals surface area contributed by atoms with E-state index in [1.807, 2.05) is 6.07 Å². The lowest BCUT2D eigenvalue weighted by Gasteiger charge is -2.09. The van der Waals surface area contributed by atoms with Gasteiger partial charge in [0, 0.05) is 18.9 Å². The van der Waals surface area contributed by atoms with Crippen LogP contribution in [0.5, 0.6) is 0 Å². The molecule has 0 radical (unpaired) electrons. The Hall–Kier alpha value is -1.40. The molecule has 1 aliphatic rings. The van der Waals surface area contributed by atoms with Crippen molar-refractivity contribution in [3.63, 3.8) is 0 Å². The van der Waals surface area contributed by atoms with Crippen LogP contribution in [0.3, 0.4) is 0 Å². The molecule has 6 heteroatoms. The number of nitrogens with zero attached hydrogens (tertiary/aromatic N) is 3. The van der Waals surface area contributed by atoms with Gasteiger partial charge in [-0.15, -0.1) is 10.2 Å². The lowest BCUT2D eigenvalue weighted by Crippen LogP contribution is -2.02. The van der Waals surface area contributed by atoms with Gasteiger partial charge in [0.1, 0.15) is 5.82 Å². The average molecular weight is 293 g/mol. The molecule has 1 aromatic heterocycles. The molecule has 0 bridgehead atoms. The molecule has 1 aromatic carbocycles. The van der Waals surface area contributed by atoms with Crippen molar-refractivity contribution >= 4 is 11.8 Å². The molecule has 1 fully saturated rings. The summed E-state index contributed by atoms with van der Waals surface area (Å²) in [5, 5.41) is 9.27. The fourth-order valence-corrected chi connectivity index (χ4v) is 2.99. The predicted molar refractivity (Wildman–Crippen MR) is 76.3 cm³/mol. The number of methoxy groups -OCH3 is 1. The van der Waals surface area contributed by atoms with Gasteiger partial charge in [-0.3, -0.25) is 4.57 Å². The van der Waals surface area contributed by atoms with Crippen molar-refractivity contribution in [1.29, 1.82) is 0 Å². The minimum Gasteiger partial charge on any atom is -0.384 e. The summed E-state index contributed by atoms with van der Waals surface area (Å²) in [6.45, 7) is 0.664. The van der Waals surface area contributed by atoms with E-state index in [-0.39, 0.29) is 5.82 Å². The molecule has 1 heterocycles. The maximum atomic E-state index is 13.9. The average Bonchev–Trinajstić information content (AvgIpc) is 3.21. The molecule has 20 heavy (non-hydrogen) atoms. The molecular formula is C14H16FN3OS. The van der Waals surface area contributed by atoms with E-state index in [9.17, 15) is 4.39 Å². The number of rotatable bonds is 6. The van der Waals surface area contributed by atoms with Gasteiger partial charge in [0.25, 0.3) is 0 Å². The minimum absolute atomic E-state index is 0.254. The highest BCUT2D eigenvalue weighted by Gasteiger charge is 2.30. The van der Waals surface area contributed by atoms with Crippen LogP contribution < -0.4 is 0 Å². The van der Waals surface area contributed by atoms with E-state index >= 15 is 0 Å². The number of hydrogen-bond donors (Lipinski definition) is 0. The summed E-state index contributed by atoms with van der Waals surface area (Å²) in [5.74, 6) is 1.19. The highest BCUT2D eigenvalue weighted by molar-refractivity contribution is 7.99. The highest BCUT2D eigenvalue weighted by atomic mass is 32.2. The normalized spacial score (nSPS) is 14.7. The van der Waals surface area contributed by atoms with Gasteiger partial charge in [0.2, 0.25) is 0 Å². The summed E-state index contributed by atoms with van der Waals surface area (Å²) in [6.07, 6.45) is 2.22. The Bertz CT molecular complexity index is 598. The second-order valence-corrected chi connectivity index (χ2v) is 5.79. The summed E-state index contributed by atoms with van der Waals surface area (Å²) in [7, 11) is 1.68. The quantitative estimate of drug-likeness (QED) is 0.606. The molecule has 1 saturated carbocycles. The Balaban J connectivity index is 1.93. The van der Waals surface area contributed by atoms with Crippen molar-refractivity contribution in [3.05, 3.63) is 30.1 Å². The van der Waals surface area contributed by atoms with E-state index in [0.29, 0.717) is 24.0 Å². The molecule has 0 aliphatic heterocycles. The van der Waals surface area contributed by atoms with Crippen molar-refractivity contribution in [2.45, 2.75) is 24.0 Å². The second-order valence-electron chi connectivity index (χ2n) is 4.73. The van der Waals surface area contributed by atoms with E-state index in [1.165, 1.54) is 6.07 Å². The van der Waals surface area contributed by atoms with Crippen molar-refractivity contribution in [3.8, 4) is 11.4 Å². The number of thioether (sulfide) groups is 1. The Labute approximate surface area is 121 Å². The Morgan fingerprint density at radius 3 is 2.85 bits per heavy atom. The van der Waals surface area contributed by atoms with Gasteiger partial charge >= 0.3 is 0 Å². The maximum Gasteiger partial charge on any atom is 0.191 e. The van der Waals surface area contributed by atoms with E-state index in [4.69, 9.17) is 4.74 Å². The molecule has 0 unspecified atom stereocenters. The molecule has 2 aromatic rings. The van der Waals surface area contributed by atoms with Crippen LogP contribution in [0.1, 0.15) is 18.9 Å². The topological polar surface area (TPSA) is 39.9 Å². The van der Waals surface area contributed by atoms with Gasteiger partial charge in [0.05, 0.1) is 12.2 Å². The number of ether oxygens (including phenoxy) is 1. The van der Waals surface area contributed by atoms with Gasteiger partial charge in [-0.1, -0.05) is 23.9 Å².